The molecule has 0 saturated heterocycles. The molecule has 2 N–H and O–H groups in total. The van der Waals surface area contributed by atoms with Crippen molar-refractivity contribution in [2.75, 3.05) is 0 Å². The second-order valence-corrected chi connectivity index (χ2v) is 3.72. The van der Waals surface area contributed by atoms with Crippen LogP contribution in [0.25, 0.3) is 16.9 Å². The maximum atomic E-state index is 5.53. The lowest BCUT2D eigenvalue weighted by atomic mass is 10.3. The average Bonchev–Trinajstić information content (AvgIpc) is 2.83. The average molecular weight is 225 g/mol. The van der Waals surface area contributed by atoms with Gasteiger partial charge < -0.3 is 5.73 Å². The van der Waals surface area contributed by atoms with Crippen LogP contribution in [0.15, 0.2) is 42.6 Å². The summed E-state index contributed by atoms with van der Waals surface area (Å²) < 4.78 is 1.72. The maximum absolute atomic E-state index is 5.53. The molecule has 0 aliphatic heterocycles. The van der Waals surface area contributed by atoms with Crippen LogP contribution in [0.2, 0.25) is 0 Å². The first-order valence-corrected chi connectivity index (χ1v) is 5.34. The van der Waals surface area contributed by atoms with Crippen LogP contribution < -0.4 is 5.73 Å². The second kappa shape index (κ2) is 3.95. The molecule has 2 heterocycles. The van der Waals surface area contributed by atoms with Crippen molar-refractivity contribution in [1.82, 2.24) is 20.0 Å². The van der Waals surface area contributed by atoms with Gasteiger partial charge in [-0.2, -0.15) is 4.68 Å². The first-order valence-electron chi connectivity index (χ1n) is 5.34. The Morgan fingerprint density at radius 3 is 2.76 bits per heavy atom. The van der Waals surface area contributed by atoms with E-state index in [1.807, 2.05) is 36.4 Å². The summed E-state index contributed by atoms with van der Waals surface area (Å²) in [6.45, 7) is 0.491. The smallest absolute Gasteiger partial charge is 0.155 e. The number of hydrogen-bond donors (Lipinski definition) is 1. The molecule has 0 fully saturated rings. The van der Waals surface area contributed by atoms with Gasteiger partial charge in [-0.05, 0) is 23.8 Å². The van der Waals surface area contributed by atoms with E-state index in [4.69, 9.17) is 5.73 Å². The highest BCUT2D eigenvalue weighted by molar-refractivity contribution is 5.75. The van der Waals surface area contributed by atoms with Gasteiger partial charge in [0.1, 0.15) is 5.52 Å². The minimum absolute atomic E-state index is 0.491. The summed E-state index contributed by atoms with van der Waals surface area (Å²) in [5.74, 6) is 0.746. The van der Waals surface area contributed by atoms with Gasteiger partial charge in [0.25, 0.3) is 0 Å². The molecule has 0 radical (unpaired) electrons. The second-order valence-electron chi connectivity index (χ2n) is 3.72. The van der Waals surface area contributed by atoms with E-state index in [0.717, 1.165) is 22.4 Å². The van der Waals surface area contributed by atoms with Crippen LogP contribution in [-0.2, 0) is 6.54 Å². The number of fused-ring (bicyclic) bond motifs is 1. The summed E-state index contributed by atoms with van der Waals surface area (Å²) in [6, 6.07) is 11.6. The highest BCUT2D eigenvalue weighted by Gasteiger charge is 2.06. The van der Waals surface area contributed by atoms with Crippen LogP contribution in [0.1, 0.15) is 5.56 Å². The van der Waals surface area contributed by atoms with E-state index in [1.54, 1.807) is 10.9 Å². The van der Waals surface area contributed by atoms with Gasteiger partial charge in [0, 0.05) is 12.7 Å². The molecule has 0 bridgehead atoms. The standard InChI is InChI=1S/C12H11N5/c13-7-9-5-6-12(14-8-9)17-11-4-2-1-3-10(11)15-16-17/h1-6,8H,7,13H2. The van der Waals surface area contributed by atoms with Gasteiger partial charge in [-0.15, -0.1) is 5.10 Å². The van der Waals surface area contributed by atoms with Crippen molar-refractivity contribution in [3.63, 3.8) is 0 Å². The zero-order chi connectivity index (χ0) is 11.7. The number of nitrogens with zero attached hydrogens (tertiary/aromatic N) is 4. The minimum Gasteiger partial charge on any atom is -0.326 e. The van der Waals surface area contributed by atoms with E-state index in [9.17, 15) is 0 Å². The number of para-hydroxylation sites is 1. The molecule has 3 rings (SSSR count). The number of benzene rings is 1. The highest BCUT2D eigenvalue weighted by atomic mass is 15.4. The zero-order valence-electron chi connectivity index (χ0n) is 9.11. The minimum atomic E-state index is 0.491. The molecule has 0 aliphatic rings. The first kappa shape index (κ1) is 9.92. The van der Waals surface area contributed by atoms with Crippen LogP contribution >= 0.6 is 0 Å². The van der Waals surface area contributed by atoms with Crippen molar-refractivity contribution in [3.05, 3.63) is 48.2 Å². The van der Waals surface area contributed by atoms with Crippen LogP contribution in [0, 0.1) is 0 Å². The summed E-state index contributed by atoms with van der Waals surface area (Å²) in [4.78, 5) is 4.32. The molecule has 0 aliphatic carbocycles. The Labute approximate surface area is 97.9 Å². The van der Waals surface area contributed by atoms with Gasteiger partial charge in [-0.3, -0.25) is 0 Å². The Morgan fingerprint density at radius 2 is 2.00 bits per heavy atom. The Kier molecular flexibility index (Phi) is 2.31. The van der Waals surface area contributed by atoms with E-state index >= 15 is 0 Å². The van der Waals surface area contributed by atoms with E-state index in [0.29, 0.717) is 6.54 Å². The van der Waals surface area contributed by atoms with E-state index in [-0.39, 0.29) is 0 Å². The van der Waals surface area contributed by atoms with Gasteiger partial charge in [0.15, 0.2) is 5.82 Å². The lowest BCUT2D eigenvalue weighted by Crippen LogP contribution is -2.02. The number of rotatable bonds is 2. The predicted octanol–water partition coefficient (Wildman–Crippen LogP) is 1.27. The molecular weight excluding hydrogens is 214 g/mol. The molecule has 0 atom stereocenters. The van der Waals surface area contributed by atoms with Crippen LogP contribution in [0.4, 0.5) is 0 Å². The Balaban J connectivity index is 2.13. The van der Waals surface area contributed by atoms with Gasteiger partial charge >= 0.3 is 0 Å². The van der Waals surface area contributed by atoms with Crippen LogP contribution in [0.3, 0.4) is 0 Å². The molecule has 0 amide bonds. The molecular formula is C12H11N5. The van der Waals surface area contributed by atoms with E-state index in [1.165, 1.54) is 0 Å². The van der Waals surface area contributed by atoms with Crippen LogP contribution in [-0.4, -0.2) is 20.0 Å². The third-order valence-electron chi connectivity index (χ3n) is 2.61. The fraction of sp³-hybridized carbons (Fsp3) is 0.0833. The molecule has 0 unspecified atom stereocenters. The van der Waals surface area contributed by atoms with Crippen molar-refractivity contribution >= 4 is 11.0 Å². The third kappa shape index (κ3) is 1.66. The van der Waals surface area contributed by atoms with Crippen molar-refractivity contribution in [3.8, 4) is 5.82 Å². The fourth-order valence-electron chi connectivity index (χ4n) is 1.70. The topological polar surface area (TPSA) is 69.6 Å². The summed E-state index contributed by atoms with van der Waals surface area (Å²) >= 11 is 0. The SMILES string of the molecule is NCc1ccc(-n2nnc3ccccc32)nc1. The molecule has 5 heteroatoms. The summed E-state index contributed by atoms with van der Waals surface area (Å²) in [6.07, 6.45) is 1.76. The highest BCUT2D eigenvalue weighted by Crippen LogP contribution is 2.14. The summed E-state index contributed by atoms with van der Waals surface area (Å²) in [7, 11) is 0. The Bertz CT molecular complexity index is 641. The van der Waals surface area contributed by atoms with Gasteiger partial charge in [0.05, 0.1) is 5.52 Å². The van der Waals surface area contributed by atoms with Gasteiger partial charge in [-0.25, -0.2) is 4.98 Å². The number of hydrogen-bond acceptors (Lipinski definition) is 4. The zero-order valence-corrected chi connectivity index (χ0v) is 9.11. The number of nitrogens with two attached hydrogens (primary N) is 1. The maximum Gasteiger partial charge on any atom is 0.155 e. The third-order valence-corrected chi connectivity index (χ3v) is 2.61. The molecule has 1 aromatic carbocycles. The van der Waals surface area contributed by atoms with Gasteiger partial charge in [-0.1, -0.05) is 23.4 Å². The molecule has 0 spiro atoms. The fourth-order valence-corrected chi connectivity index (χ4v) is 1.70. The molecule has 17 heavy (non-hydrogen) atoms. The van der Waals surface area contributed by atoms with Crippen LogP contribution in [0.5, 0.6) is 0 Å². The van der Waals surface area contributed by atoms with Crippen molar-refractivity contribution < 1.29 is 0 Å². The Morgan fingerprint density at radius 1 is 1.12 bits per heavy atom. The van der Waals surface area contributed by atoms with Gasteiger partial charge in [0.2, 0.25) is 0 Å². The molecule has 3 aromatic rings. The van der Waals surface area contributed by atoms with E-state index < -0.39 is 0 Å². The molecule has 2 aromatic heterocycles. The van der Waals surface area contributed by atoms with E-state index in [2.05, 4.69) is 15.3 Å². The first-order chi connectivity index (χ1) is 8.38. The Hall–Kier alpha value is -2.27. The molecule has 0 saturated carbocycles. The monoisotopic (exact) mass is 225 g/mol. The van der Waals surface area contributed by atoms with Crippen molar-refractivity contribution in [1.29, 1.82) is 0 Å². The number of pyridine rings is 1. The van der Waals surface area contributed by atoms with Crippen molar-refractivity contribution in [2.24, 2.45) is 5.73 Å². The largest absolute Gasteiger partial charge is 0.326 e. The summed E-state index contributed by atoms with van der Waals surface area (Å²) in [5.41, 5.74) is 8.34. The quantitative estimate of drug-likeness (QED) is 0.713. The molecule has 5 nitrogen and oxygen atoms in total. The molecule has 84 valence electrons. The normalized spacial score (nSPS) is 10.9. The predicted molar refractivity (Wildman–Crippen MR) is 64.6 cm³/mol. The number of aromatic nitrogens is 4. The lowest BCUT2D eigenvalue weighted by molar-refractivity contribution is 0.799. The lowest BCUT2D eigenvalue weighted by Gasteiger charge is -2.01. The van der Waals surface area contributed by atoms with Crippen molar-refractivity contribution in [2.45, 2.75) is 6.54 Å². The summed E-state index contributed by atoms with van der Waals surface area (Å²) in [5, 5.41) is 8.18.